The van der Waals surface area contributed by atoms with Crippen LogP contribution in [0.3, 0.4) is 0 Å². The maximum absolute atomic E-state index is 5.10. The molecule has 0 aromatic carbocycles. The Kier molecular flexibility index (Phi) is 1.48. The summed E-state index contributed by atoms with van der Waals surface area (Å²) >= 11 is 0. The molecule has 2 rings (SSSR count). The number of nitrogens with zero attached hydrogens (tertiary/aromatic N) is 2. The first-order valence-electron chi connectivity index (χ1n) is 3.35. The summed E-state index contributed by atoms with van der Waals surface area (Å²) in [5, 5.41) is 0. The highest BCUT2D eigenvalue weighted by atomic mass is 16.3. The topological polar surface area (TPSA) is 31.0 Å². The van der Waals surface area contributed by atoms with Crippen molar-refractivity contribution in [2.24, 2.45) is 0 Å². The third-order valence-corrected chi connectivity index (χ3v) is 1.41. The minimum atomic E-state index is 0.701. The Balaban J connectivity index is 2.14. The van der Waals surface area contributed by atoms with Crippen molar-refractivity contribution in [2.75, 3.05) is 0 Å². The molecule has 0 saturated heterocycles. The number of aromatic nitrogens is 2. The Bertz CT molecular complexity index is 264. The molecule has 0 spiro atoms. The van der Waals surface area contributed by atoms with E-state index in [1.54, 1.807) is 24.9 Å². The maximum atomic E-state index is 5.10. The first-order valence-corrected chi connectivity index (χ1v) is 3.35. The number of furan rings is 1. The molecule has 0 amide bonds. The third-order valence-electron chi connectivity index (χ3n) is 1.41. The summed E-state index contributed by atoms with van der Waals surface area (Å²) in [6, 6.07) is 4.72. The normalized spacial score (nSPS) is 10.2. The first-order chi connectivity index (χ1) is 5.45. The molecule has 0 aliphatic rings. The van der Waals surface area contributed by atoms with Crippen LogP contribution in [0.15, 0.2) is 35.5 Å². The molecule has 0 aliphatic heterocycles. The molecule has 11 heavy (non-hydrogen) atoms. The van der Waals surface area contributed by atoms with E-state index in [0.29, 0.717) is 6.54 Å². The zero-order valence-corrected chi connectivity index (χ0v) is 5.90. The number of hydrogen-bond donors (Lipinski definition) is 0. The largest absolute Gasteiger partial charge is 0.467 e. The van der Waals surface area contributed by atoms with Crippen molar-refractivity contribution < 1.29 is 4.42 Å². The van der Waals surface area contributed by atoms with Crippen LogP contribution >= 0.6 is 0 Å². The van der Waals surface area contributed by atoms with Crippen LogP contribution < -0.4 is 0 Å². The molecule has 0 fully saturated rings. The molecule has 0 bridgehead atoms. The van der Waals surface area contributed by atoms with Gasteiger partial charge in [-0.1, -0.05) is 0 Å². The van der Waals surface area contributed by atoms with Gasteiger partial charge in [0.25, 0.3) is 0 Å². The molecule has 55 valence electrons. The van der Waals surface area contributed by atoms with Crippen molar-refractivity contribution in [3.8, 4) is 0 Å². The lowest BCUT2D eigenvalue weighted by Crippen LogP contribution is -1.93. The number of imidazole rings is 1. The average Bonchev–Trinajstić information content (AvgIpc) is 2.60. The lowest BCUT2D eigenvalue weighted by molar-refractivity contribution is 0.492. The summed E-state index contributed by atoms with van der Waals surface area (Å²) in [6.07, 6.45) is 6.99. The van der Waals surface area contributed by atoms with Crippen LogP contribution in [0.2, 0.25) is 0 Å². The number of hydrogen-bond acceptors (Lipinski definition) is 2. The van der Waals surface area contributed by atoms with Crippen molar-refractivity contribution in [1.29, 1.82) is 0 Å². The van der Waals surface area contributed by atoms with Crippen LogP contribution in [0.1, 0.15) is 5.76 Å². The highest BCUT2D eigenvalue weighted by Crippen LogP contribution is 2.01. The van der Waals surface area contributed by atoms with E-state index in [1.807, 2.05) is 10.8 Å². The predicted molar refractivity (Wildman–Crippen MR) is 38.9 cm³/mol. The van der Waals surface area contributed by atoms with Crippen molar-refractivity contribution in [1.82, 2.24) is 9.55 Å². The molecule has 2 heterocycles. The van der Waals surface area contributed by atoms with Gasteiger partial charge in [-0.3, -0.25) is 0 Å². The molecule has 0 aliphatic carbocycles. The molecular weight excluding hydrogens is 140 g/mol. The Morgan fingerprint density at radius 3 is 3.27 bits per heavy atom. The van der Waals surface area contributed by atoms with Gasteiger partial charge in [0.05, 0.1) is 19.1 Å². The molecule has 1 radical (unpaired) electrons. The standard InChI is InChI=1S/C8H7N2O/c1-2-8(11-5-1)6-10-4-3-9-7-10/h1,3-5,7H,6H2. The summed E-state index contributed by atoms with van der Waals surface area (Å²) in [4.78, 5) is 3.91. The van der Waals surface area contributed by atoms with Gasteiger partial charge in [0.15, 0.2) is 0 Å². The van der Waals surface area contributed by atoms with Crippen LogP contribution in [0, 0.1) is 6.07 Å². The second kappa shape index (κ2) is 2.62. The Labute approximate surface area is 64.3 Å². The molecule has 0 N–H and O–H groups in total. The van der Waals surface area contributed by atoms with E-state index in [-0.39, 0.29) is 0 Å². The average molecular weight is 147 g/mol. The van der Waals surface area contributed by atoms with Crippen molar-refractivity contribution in [3.05, 3.63) is 42.9 Å². The highest BCUT2D eigenvalue weighted by molar-refractivity contribution is 4.96. The van der Waals surface area contributed by atoms with Gasteiger partial charge in [0.1, 0.15) is 5.76 Å². The van der Waals surface area contributed by atoms with Gasteiger partial charge >= 0.3 is 0 Å². The Morgan fingerprint density at radius 1 is 1.64 bits per heavy atom. The molecule has 0 atom stereocenters. The van der Waals surface area contributed by atoms with Gasteiger partial charge in [-0.2, -0.15) is 0 Å². The monoisotopic (exact) mass is 147 g/mol. The Hall–Kier alpha value is -1.51. The van der Waals surface area contributed by atoms with E-state index in [0.717, 1.165) is 5.76 Å². The zero-order chi connectivity index (χ0) is 7.52. The van der Waals surface area contributed by atoms with Crippen molar-refractivity contribution >= 4 is 0 Å². The van der Waals surface area contributed by atoms with Gasteiger partial charge in [-0.15, -0.1) is 0 Å². The van der Waals surface area contributed by atoms with Crippen LogP contribution in [0.5, 0.6) is 0 Å². The minimum Gasteiger partial charge on any atom is -0.467 e. The van der Waals surface area contributed by atoms with E-state index < -0.39 is 0 Å². The van der Waals surface area contributed by atoms with Crippen LogP contribution in [0.25, 0.3) is 0 Å². The van der Waals surface area contributed by atoms with Gasteiger partial charge < -0.3 is 8.98 Å². The molecule has 0 saturated carbocycles. The fraction of sp³-hybridized carbons (Fsp3) is 0.125. The van der Waals surface area contributed by atoms with Gasteiger partial charge in [0, 0.05) is 18.5 Å². The van der Waals surface area contributed by atoms with Gasteiger partial charge in [-0.05, 0) is 6.07 Å². The second-order valence-corrected chi connectivity index (χ2v) is 2.22. The van der Waals surface area contributed by atoms with Crippen LogP contribution in [0.4, 0.5) is 0 Å². The Morgan fingerprint density at radius 2 is 2.64 bits per heavy atom. The van der Waals surface area contributed by atoms with E-state index in [1.165, 1.54) is 0 Å². The van der Waals surface area contributed by atoms with Crippen LogP contribution in [-0.4, -0.2) is 9.55 Å². The lowest BCUT2D eigenvalue weighted by Gasteiger charge is -1.95. The molecule has 2 aromatic rings. The molecular formula is C8H7N2O. The third kappa shape index (κ3) is 1.32. The summed E-state index contributed by atoms with van der Waals surface area (Å²) in [6.45, 7) is 0.701. The molecule has 2 aromatic heterocycles. The van der Waals surface area contributed by atoms with E-state index in [2.05, 4.69) is 11.1 Å². The van der Waals surface area contributed by atoms with Crippen molar-refractivity contribution in [3.63, 3.8) is 0 Å². The second-order valence-electron chi connectivity index (χ2n) is 2.22. The fourth-order valence-electron chi connectivity index (χ4n) is 0.906. The van der Waals surface area contributed by atoms with Crippen LogP contribution in [-0.2, 0) is 6.54 Å². The SMILES string of the molecule is [c]1ccoc1Cn1ccnc1. The smallest absolute Gasteiger partial charge is 0.131 e. The lowest BCUT2D eigenvalue weighted by atomic mass is 10.4. The van der Waals surface area contributed by atoms with E-state index in [9.17, 15) is 0 Å². The van der Waals surface area contributed by atoms with Gasteiger partial charge in [-0.25, -0.2) is 4.98 Å². The quantitative estimate of drug-likeness (QED) is 0.641. The molecule has 0 unspecified atom stereocenters. The summed E-state index contributed by atoms with van der Waals surface area (Å²) in [5.41, 5.74) is 0. The fourth-order valence-corrected chi connectivity index (χ4v) is 0.906. The maximum Gasteiger partial charge on any atom is 0.131 e. The predicted octanol–water partition coefficient (Wildman–Crippen LogP) is 1.32. The summed E-state index contributed by atoms with van der Waals surface area (Å²) in [5.74, 6) is 0.822. The number of rotatable bonds is 2. The zero-order valence-electron chi connectivity index (χ0n) is 5.90. The minimum absolute atomic E-state index is 0.701. The molecule has 3 heteroatoms. The van der Waals surface area contributed by atoms with Gasteiger partial charge in [0.2, 0.25) is 0 Å². The summed E-state index contributed by atoms with van der Waals surface area (Å²) < 4.78 is 7.03. The van der Waals surface area contributed by atoms with E-state index >= 15 is 0 Å². The van der Waals surface area contributed by atoms with E-state index in [4.69, 9.17) is 4.42 Å². The first kappa shape index (κ1) is 6.22. The van der Waals surface area contributed by atoms with Crippen molar-refractivity contribution in [2.45, 2.75) is 6.54 Å². The molecule has 3 nitrogen and oxygen atoms in total. The highest BCUT2D eigenvalue weighted by Gasteiger charge is 1.95. The summed E-state index contributed by atoms with van der Waals surface area (Å²) in [7, 11) is 0.